The third kappa shape index (κ3) is 2.77. The molecule has 0 spiro atoms. The number of hydrogen-bond acceptors (Lipinski definition) is 3. The van der Waals surface area contributed by atoms with E-state index in [0.29, 0.717) is 0 Å². The maximum Gasteiger partial charge on any atom is 0.246 e. The SMILES string of the molecule is CC(C(=O)Nc1ccccc1)N1CCCc2c(N)cccc21. The zero-order valence-electron chi connectivity index (χ0n) is 12.8. The second kappa shape index (κ2) is 6.10. The molecule has 2 aromatic rings. The van der Waals surface area contributed by atoms with Crippen molar-refractivity contribution in [3.8, 4) is 0 Å². The molecule has 0 fully saturated rings. The van der Waals surface area contributed by atoms with E-state index in [0.717, 1.165) is 42.0 Å². The standard InChI is InChI=1S/C18H21N3O/c1-13(18(22)20-14-7-3-2-4-8-14)21-12-6-9-15-16(19)10-5-11-17(15)21/h2-5,7-8,10-11,13H,6,9,12,19H2,1H3,(H,20,22). The fraction of sp³-hybridized carbons (Fsp3) is 0.278. The van der Waals surface area contributed by atoms with Gasteiger partial charge < -0.3 is 16.0 Å². The molecule has 114 valence electrons. The number of carbonyl (C=O) groups excluding carboxylic acids is 1. The van der Waals surface area contributed by atoms with Crippen molar-refractivity contribution in [1.82, 2.24) is 0 Å². The van der Waals surface area contributed by atoms with Crippen LogP contribution in [0.3, 0.4) is 0 Å². The lowest BCUT2D eigenvalue weighted by molar-refractivity contribution is -0.117. The van der Waals surface area contributed by atoms with Crippen molar-refractivity contribution in [1.29, 1.82) is 0 Å². The Hall–Kier alpha value is -2.49. The highest BCUT2D eigenvalue weighted by molar-refractivity contribution is 5.97. The minimum Gasteiger partial charge on any atom is -0.398 e. The van der Waals surface area contributed by atoms with Crippen LogP contribution in [-0.4, -0.2) is 18.5 Å². The molecule has 3 rings (SSSR count). The number of benzene rings is 2. The molecule has 1 unspecified atom stereocenters. The Labute approximate surface area is 130 Å². The van der Waals surface area contributed by atoms with Gasteiger partial charge in [0.15, 0.2) is 0 Å². The molecule has 0 radical (unpaired) electrons. The van der Waals surface area contributed by atoms with Crippen LogP contribution >= 0.6 is 0 Å². The molecule has 0 saturated heterocycles. The van der Waals surface area contributed by atoms with Crippen molar-refractivity contribution in [2.75, 3.05) is 22.5 Å². The molecular weight excluding hydrogens is 274 g/mol. The van der Waals surface area contributed by atoms with Crippen LogP contribution < -0.4 is 16.0 Å². The monoisotopic (exact) mass is 295 g/mol. The first-order chi connectivity index (χ1) is 10.7. The molecule has 1 heterocycles. The van der Waals surface area contributed by atoms with Gasteiger partial charge in [-0.3, -0.25) is 4.79 Å². The molecule has 4 heteroatoms. The van der Waals surface area contributed by atoms with E-state index in [1.54, 1.807) is 0 Å². The number of nitrogens with zero attached hydrogens (tertiary/aromatic N) is 1. The summed E-state index contributed by atoms with van der Waals surface area (Å²) in [6.07, 6.45) is 2.00. The van der Waals surface area contributed by atoms with Gasteiger partial charge in [0.2, 0.25) is 5.91 Å². The van der Waals surface area contributed by atoms with Crippen LogP contribution in [0.15, 0.2) is 48.5 Å². The Bertz CT molecular complexity index is 669. The molecule has 1 aliphatic heterocycles. The zero-order chi connectivity index (χ0) is 15.5. The molecule has 2 aromatic carbocycles. The summed E-state index contributed by atoms with van der Waals surface area (Å²) in [5, 5.41) is 2.97. The molecular formula is C18H21N3O. The van der Waals surface area contributed by atoms with E-state index < -0.39 is 0 Å². The second-order valence-electron chi connectivity index (χ2n) is 5.67. The van der Waals surface area contributed by atoms with Crippen molar-refractivity contribution >= 4 is 23.0 Å². The molecule has 3 N–H and O–H groups in total. The van der Waals surface area contributed by atoms with E-state index >= 15 is 0 Å². The van der Waals surface area contributed by atoms with Crippen LogP contribution in [0, 0.1) is 0 Å². The predicted octanol–water partition coefficient (Wildman–Crippen LogP) is 3.05. The van der Waals surface area contributed by atoms with Crippen LogP contribution in [0.5, 0.6) is 0 Å². The summed E-state index contributed by atoms with van der Waals surface area (Å²) in [7, 11) is 0. The first kappa shape index (κ1) is 14.4. The smallest absolute Gasteiger partial charge is 0.246 e. The summed E-state index contributed by atoms with van der Waals surface area (Å²) in [5.41, 5.74) is 9.96. The minimum absolute atomic E-state index is 0.00137. The zero-order valence-corrected chi connectivity index (χ0v) is 12.8. The van der Waals surface area contributed by atoms with Crippen molar-refractivity contribution < 1.29 is 4.79 Å². The largest absolute Gasteiger partial charge is 0.398 e. The third-order valence-electron chi connectivity index (χ3n) is 4.21. The quantitative estimate of drug-likeness (QED) is 0.856. The lowest BCUT2D eigenvalue weighted by Gasteiger charge is -2.36. The van der Waals surface area contributed by atoms with Crippen molar-refractivity contribution in [3.63, 3.8) is 0 Å². The number of rotatable bonds is 3. The number of anilines is 3. The number of nitrogens with one attached hydrogen (secondary N) is 1. The van der Waals surface area contributed by atoms with Gasteiger partial charge in [-0.15, -0.1) is 0 Å². The highest BCUT2D eigenvalue weighted by atomic mass is 16.2. The van der Waals surface area contributed by atoms with Gasteiger partial charge in [-0.1, -0.05) is 24.3 Å². The van der Waals surface area contributed by atoms with E-state index in [1.807, 2.05) is 49.4 Å². The van der Waals surface area contributed by atoms with Crippen LogP contribution in [-0.2, 0) is 11.2 Å². The van der Waals surface area contributed by atoms with Gasteiger partial charge in [-0.05, 0) is 49.6 Å². The van der Waals surface area contributed by atoms with Gasteiger partial charge in [-0.2, -0.15) is 0 Å². The van der Waals surface area contributed by atoms with Crippen molar-refractivity contribution in [2.45, 2.75) is 25.8 Å². The Morgan fingerprint density at radius 3 is 2.73 bits per heavy atom. The van der Waals surface area contributed by atoms with Gasteiger partial charge in [-0.25, -0.2) is 0 Å². The summed E-state index contributed by atoms with van der Waals surface area (Å²) < 4.78 is 0. The average Bonchev–Trinajstić information content (AvgIpc) is 2.55. The predicted molar refractivity (Wildman–Crippen MR) is 91.1 cm³/mol. The van der Waals surface area contributed by atoms with Crippen LogP contribution in [0.1, 0.15) is 18.9 Å². The first-order valence-electron chi connectivity index (χ1n) is 7.67. The Morgan fingerprint density at radius 1 is 1.18 bits per heavy atom. The normalized spacial score (nSPS) is 15.0. The number of fused-ring (bicyclic) bond motifs is 1. The molecule has 0 aromatic heterocycles. The van der Waals surface area contributed by atoms with Gasteiger partial charge in [0.1, 0.15) is 6.04 Å². The van der Waals surface area contributed by atoms with E-state index in [2.05, 4.69) is 16.3 Å². The summed E-state index contributed by atoms with van der Waals surface area (Å²) in [4.78, 5) is 14.7. The summed E-state index contributed by atoms with van der Waals surface area (Å²) in [6.45, 7) is 2.82. The summed E-state index contributed by atoms with van der Waals surface area (Å²) >= 11 is 0. The molecule has 4 nitrogen and oxygen atoms in total. The molecule has 0 aliphatic carbocycles. The highest BCUT2D eigenvalue weighted by Crippen LogP contribution is 2.32. The molecule has 0 saturated carbocycles. The van der Waals surface area contributed by atoms with E-state index in [-0.39, 0.29) is 11.9 Å². The van der Waals surface area contributed by atoms with Crippen LogP contribution in [0.25, 0.3) is 0 Å². The maximum absolute atomic E-state index is 12.5. The highest BCUT2D eigenvalue weighted by Gasteiger charge is 2.26. The Kier molecular flexibility index (Phi) is 4.00. The molecule has 1 atom stereocenters. The molecule has 0 bridgehead atoms. The van der Waals surface area contributed by atoms with E-state index in [1.165, 1.54) is 0 Å². The minimum atomic E-state index is -0.235. The van der Waals surface area contributed by atoms with E-state index in [4.69, 9.17) is 5.73 Å². The second-order valence-corrected chi connectivity index (χ2v) is 5.67. The van der Waals surface area contributed by atoms with Gasteiger partial charge >= 0.3 is 0 Å². The van der Waals surface area contributed by atoms with Crippen LogP contribution in [0.2, 0.25) is 0 Å². The Balaban J connectivity index is 1.80. The number of amides is 1. The van der Waals surface area contributed by atoms with Gasteiger partial charge in [0.25, 0.3) is 0 Å². The number of carbonyl (C=O) groups is 1. The lowest BCUT2D eigenvalue weighted by atomic mass is 9.98. The lowest BCUT2D eigenvalue weighted by Crippen LogP contribution is -2.44. The number of nitrogen functional groups attached to an aromatic ring is 1. The number of nitrogens with two attached hydrogens (primary N) is 1. The van der Waals surface area contributed by atoms with Crippen molar-refractivity contribution in [2.24, 2.45) is 0 Å². The average molecular weight is 295 g/mol. The van der Waals surface area contributed by atoms with Gasteiger partial charge in [0, 0.05) is 23.6 Å². The number of hydrogen-bond donors (Lipinski definition) is 2. The maximum atomic E-state index is 12.5. The van der Waals surface area contributed by atoms with Crippen LogP contribution in [0.4, 0.5) is 17.1 Å². The topological polar surface area (TPSA) is 58.4 Å². The fourth-order valence-corrected chi connectivity index (χ4v) is 2.99. The fourth-order valence-electron chi connectivity index (χ4n) is 2.99. The third-order valence-corrected chi connectivity index (χ3v) is 4.21. The van der Waals surface area contributed by atoms with Gasteiger partial charge in [0.05, 0.1) is 0 Å². The molecule has 22 heavy (non-hydrogen) atoms. The van der Waals surface area contributed by atoms with Crippen molar-refractivity contribution in [3.05, 3.63) is 54.1 Å². The summed E-state index contributed by atoms with van der Waals surface area (Å²) in [5.74, 6) is 0.00137. The Morgan fingerprint density at radius 2 is 1.95 bits per heavy atom. The summed E-state index contributed by atoms with van der Waals surface area (Å²) in [6, 6.07) is 15.3. The molecule has 1 amide bonds. The van der Waals surface area contributed by atoms with E-state index in [9.17, 15) is 4.79 Å². The molecule has 1 aliphatic rings. The first-order valence-corrected chi connectivity index (χ1v) is 7.67. The number of para-hydroxylation sites is 1.